The largest absolute Gasteiger partial charge is 0.496 e. The van der Waals surface area contributed by atoms with Gasteiger partial charge in [-0.05, 0) is 55.5 Å². The Kier molecular flexibility index (Phi) is 7.72. The molecule has 0 heterocycles. The van der Waals surface area contributed by atoms with E-state index < -0.39 is 11.1 Å². The quantitative estimate of drug-likeness (QED) is 0.457. The summed E-state index contributed by atoms with van der Waals surface area (Å²) < 4.78 is 24.3. The zero-order valence-electron chi connectivity index (χ0n) is 17.8. The minimum absolute atomic E-state index is 0.148. The second kappa shape index (κ2) is 10.7. The van der Waals surface area contributed by atoms with Gasteiger partial charge in [-0.2, -0.15) is 0 Å². The molecule has 166 valence electrons. The molecule has 1 atom stereocenters. The summed E-state index contributed by atoms with van der Waals surface area (Å²) in [5.41, 5.74) is 1.03. The van der Waals surface area contributed by atoms with Crippen LogP contribution in [-0.4, -0.2) is 31.3 Å². The average Bonchev–Trinajstić information content (AvgIpc) is 2.81. The minimum atomic E-state index is -0.482. The molecule has 2 N–H and O–H groups in total. The van der Waals surface area contributed by atoms with Crippen LogP contribution in [0.1, 0.15) is 17.3 Å². The summed E-state index contributed by atoms with van der Waals surface area (Å²) in [7, 11) is 2.97. The highest BCUT2D eigenvalue weighted by Crippen LogP contribution is 2.30. The summed E-state index contributed by atoms with van der Waals surface area (Å²) in [5.74, 6) is -0.338. The molecule has 3 aromatic rings. The number of ether oxygens (including phenoxy) is 2. The molecule has 3 rings (SSSR count). The number of thioether (sulfide) groups is 1. The molecule has 32 heavy (non-hydrogen) atoms. The fraction of sp³-hybridized carbons (Fsp3) is 0.167. The molecule has 0 saturated carbocycles. The maximum absolute atomic E-state index is 13.7. The number of para-hydroxylation sites is 1. The summed E-state index contributed by atoms with van der Waals surface area (Å²) in [4.78, 5) is 26.0. The lowest BCUT2D eigenvalue weighted by Crippen LogP contribution is -2.22. The zero-order chi connectivity index (χ0) is 23.1. The number of carbonyl (C=O) groups excluding carboxylic acids is 2. The lowest BCUT2D eigenvalue weighted by Gasteiger charge is -2.14. The molecule has 0 aliphatic heterocycles. The molecule has 0 bridgehead atoms. The fourth-order valence-electron chi connectivity index (χ4n) is 2.94. The van der Waals surface area contributed by atoms with E-state index in [0.29, 0.717) is 22.7 Å². The van der Waals surface area contributed by atoms with E-state index in [1.165, 1.54) is 38.1 Å². The first-order valence-electron chi connectivity index (χ1n) is 9.77. The van der Waals surface area contributed by atoms with E-state index in [1.807, 2.05) is 0 Å². The number of nitrogens with one attached hydrogen (secondary N) is 2. The Morgan fingerprint density at radius 2 is 1.50 bits per heavy atom. The number of halogens is 1. The molecular weight excluding hydrogens is 431 g/mol. The number of anilines is 2. The standard InChI is InChI=1S/C24H23FN2O4S/c1-15(23(28)27-19-8-5-4-7-18(19)25)32-17-13-11-16(12-14-17)26-24(29)22-20(30-2)9-6-10-21(22)31-3/h4-15H,1-3H3,(H,26,29)(H,27,28). The zero-order valence-corrected chi connectivity index (χ0v) is 18.7. The summed E-state index contributed by atoms with van der Waals surface area (Å²) in [5, 5.41) is 4.96. The highest BCUT2D eigenvalue weighted by Gasteiger charge is 2.19. The van der Waals surface area contributed by atoms with Crippen molar-refractivity contribution in [2.24, 2.45) is 0 Å². The Balaban J connectivity index is 1.63. The lowest BCUT2D eigenvalue weighted by atomic mass is 10.1. The second-order valence-corrected chi connectivity index (χ2v) is 8.16. The van der Waals surface area contributed by atoms with Crippen LogP contribution in [0.4, 0.5) is 15.8 Å². The van der Waals surface area contributed by atoms with E-state index in [9.17, 15) is 14.0 Å². The SMILES string of the molecule is COc1cccc(OC)c1C(=O)Nc1ccc(SC(C)C(=O)Nc2ccccc2F)cc1. The first-order valence-corrected chi connectivity index (χ1v) is 10.7. The molecule has 0 aliphatic rings. The first kappa shape index (κ1) is 23.1. The molecule has 0 fully saturated rings. The van der Waals surface area contributed by atoms with E-state index in [-0.39, 0.29) is 17.5 Å². The topological polar surface area (TPSA) is 76.7 Å². The molecule has 2 amide bonds. The van der Waals surface area contributed by atoms with Gasteiger partial charge in [0.05, 0.1) is 25.2 Å². The molecule has 3 aromatic carbocycles. The van der Waals surface area contributed by atoms with Gasteiger partial charge in [-0.15, -0.1) is 11.8 Å². The maximum atomic E-state index is 13.7. The van der Waals surface area contributed by atoms with Crippen molar-refractivity contribution in [1.29, 1.82) is 0 Å². The first-order chi connectivity index (χ1) is 15.4. The van der Waals surface area contributed by atoms with Crippen LogP contribution in [0.5, 0.6) is 11.5 Å². The van der Waals surface area contributed by atoms with Gasteiger partial charge in [0.15, 0.2) is 0 Å². The smallest absolute Gasteiger partial charge is 0.263 e. The van der Waals surface area contributed by atoms with Gasteiger partial charge in [-0.1, -0.05) is 18.2 Å². The number of carbonyl (C=O) groups is 2. The molecule has 8 heteroatoms. The van der Waals surface area contributed by atoms with Gasteiger partial charge < -0.3 is 20.1 Å². The van der Waals surface area contributed by atoms with Crippen molar-refractivity contribution >= 4 is 35.0 Å². The van der Waals surface area contributed by atoms with Crippen molar-refractivity contribution in [3.8, 4) is 11.5 Å². The van der Waals surface area contributed by atoms with Gasteiger partial charge in [0.1, 0.15) is 22.9 Å². The van der Waals surface area contributed by atoms with Gasteiger partial charge in [0.25, 0.3) is 5.91 Å². The van der Waals surface area contributed by atoms with Crippen LogP contribution in [0.25, 0.3) is 0 Å². The van der Waals surface area contributed by atoms with Crippen molar-refractivity contribution in [2.75, 3.05) is 24.9 Å². The van der Waals surface area contributed by atoms with E-state index in [2.05, 4.69) is 10.6 Å². The van der Waals surface area contributed by atoms with Gasteiger partial charge >= 0.3 is 0 Å². The van der Waals surface area contributed by atoms with Crippen LogP contribution in [0.3, 0.4) is 0 Å². The number of benzene rings is 3. The van der Waals surface area contributed by atoms with Crippen molar-refractivity contribution in [1.82, 2.24) is 0 Å². The fourth-order valence-corrected chi connectivity index (χ4v) is 3.81. The van der Waals surface area contributed by atoms with Crippen LogP contribution in [0.15, 0.2) is 71.6 Å². The molecule has 6 nitrogen and oxygen atoms in total. The Labute approximate surface area is 190 Å². The van der Waals surface area contributed by atoms with Crippen LogP contribution in [0.2, 0.25) is 0 Å². The van der Waals surface area contributed by atoms with Crippen LogP contribution in [-0.2, 0) is 4.79 Å². The van der Waals surface area contributed by atoms with E-state index in [1.54, 1.807) is 61.5 Å². The summed E-state index contributed by atoms with van der Waals surface area (Å²) in [6, 6.07) is 18.2. The average molecular weight is 455 g/mol. The normalized spacial score (nSPS) is 11.4. The van der Waals surface area contributed by atoms with Crippen molar-refractivity contribution in [3.05, 3.63) is 78.1 Å². The van der Waals surface area contributed by atoms with Gasteiger partial charge in [0.2, 0.25) is 5.91 Å². The Hall–Kier alpha value is -3.52. The monoisotopic (exact) mass is 454 g/mol. The molecule has 0 aliphatic carbocycles. The Morgan fingerprint density at radius 3 is 2.09 bits per heavy atom. The Morgan fingerprint density at radius 1 is 0.875 bits per heavy atom. The summed E-state index contributed by atoms with van der Waals surface area (Å²) in [6.07, 6.45) is 0. The minimum Gasteiger partial charge on any atom is -0.496 e. The summed E-state index contributed by atoms with van der Waals surface area (Å²) >= 11 is 1.33. The van der Waals surface area contributed by atoms with Gasteiger partial charge in [0, 0.05) is 10.6 Å². The molecule has 0 saturated heterocycles. The van der Waals surface area contributed by atoms with E-state index >= 15 is 0 Å². The maximum Gasteiger partial charge on any atom is 0.263 e. The third-order valence-corrected chi connectivity index (χ3v) is 5.69. The van der Waals surface area contributed by atoms with Crippen molar-refractivity contribution in [3.63, 3.8) is 0 Å². The summed E-state index contributed by atoms with van der Waals surface area (Å²) in [6.45, 7) is 1.74. The van der Waals surface area contributed by atoms with E-state index in [0.717, 1.165) is 4.90 Å². The van der Waals surface area contributed by atoms with Gasteiger partial charge in [-0.3, -0.25) is 9.59 Å². The highest BCUT2D eigenvalue weighted by atomic mass is 32.2. The van der Waals surface area contributed by atoms with Crippen molar-refractivity contribution < 1.29 is 23.5 Å². The highest BCUT2D eigenvalue weighted by molar-refractivity contribution is 8.00. The van der Waals surface area contributed by atoms with Crippen molar-refractivity contribution in [2.45, 2.75) is 17.1 Å². The third-order valence-electron chi connectivity index (χ3n) is 4.58. The van der Waals surface area contributed by atoms with Crippen LogP contribution in [0, 0.1) is 5.82 Å². The number of amides is 2. The second-order valence-electron chi connectivity index (χ2n) is 6.75. The third kappa shape index (κ3) is 5.59. The van der Waals surface area contributed by atoms with Crippen LogP contribution < -0.4 is 20.1 Å². The molecule has 1 unspecified atom stereocenters. The molecular formula is C24H23FN2O4S. The lowest BCUT2D eigenvalue weighted by molar-refractivity contribution is -0.115. The molecule has 0 aromatic heterocycles. The molecule has 0 radical (unpaired) electrons. The number of hydrogen-bond acceptors (Lipinski definition) is 5. The Bertz CT molecular complexity index is 1080. The number of rotatable bonds is 8. The number of methoxy groups -OCH3 is 2. The van der Waals surface area contributed by atoms with E-state index in [4.69, 9.17) is 9.47 Å². The predicted octanol–water partition coefficient (Wildman–Crippen LogP) is 5.21. The number of hydrogen-bond donors (Lipinski definition) is 2. The molecule has 0 spiro atoms. The van der Waals surface area contributed by atoms with Crippen LogP contribution >= 0.6 is 11.8 Å². The predicted molar refractivity (Wildman–Crippen MR) is 124 cm³/mol. The van der Waals surface area contributed by atoms with Gasteiger partial charge in [-0.25, -0.2) is 4.39 Å².